The van der Waals surface area contributed by atoms with Crippen molar-refractivity contribution in [3.05, 3.63) is 0 Å². The molecule has 0 aromatic rings. The zero-order valence-corrected chi connectivity index (χ0v) is 8.46. The Labute approximate surface area is 68.9 Å². The molecular weight excluding hydrogens is 160 g/mol. The third-order valence-electron chi connectivity index (χ3n) is 3.61. The van der Waals surface area contributed by atoms with Crippen LogP contribution in [0.2, 0.25) is 0 Å². The number of rotatable bonds is 2. The van der Waals surface area contributed by atoms with Crippen LogP contribution in [-0.2, 0) is 9.84 Å². The summed E-state index contributed by atoms with van der Waals surface area (Å²) in [6.45, 7) is 7.59. The molecule has 0 spiro atoms. The van der Waals surface area contributed by atoms with Crippen LogP contribution in [0.3, 0.4) is 0 Å². The quantitative estimate of drug-likeness (QED) is 0.601. The minimum Gasteiger partial charge on any atom is -0.228 e. The maximum absolute atomic E-state index is 11.5. The van der Waals surface area contributed by atoms with E-state index in [1.165, 1.54) is 0 Å². The van der Waals surface area contributed by atoms with E-state index in [0.29, 0.717) is 0 Å². The molecule has 0 aromatic heterocycles. The van der Waals surface area contributed by atoms with Gasteiger partial charge in [0.15, 0.2) is 9.84 Å². The molecule has 1 rings (SSSR count). The highest BCUT2D eigenvalue weighted by Gasteiger charge is 2.75. The second-order valence-electron chi connectivity index (χ2n) is 3.67. The van der Waals surface area contributed by atoms with Gasteiger partial charge in [-0.1, -0.05) is 13.8 Å². The van der Waals surface area contributed by atoms with E-state index in [1.807, 2.05) is 27.7 Å². The topological polar surface area (TPSA) is 34.1 Å². The molecule has 0 amide bonds. The van der Waals surface area contributed by atoms with Crippen LogP contribution in [0.1, 0.15) is 40.5 Å². The molecule has 0 aromatic carbocycles. The summed E-state index contributed by atoms with van der Waals surface area (Å²) in [7, 11) is -2.80. The fourth-order valence-electron chi connectivity index (χ4n) is 1.92. The molecular formula is C8H16O2S. The van der Waals surface area contributed by atoms with Gasteiger partial charge < -0.3 is 0 Å². The van der Waals surface area contributed by atoms with Gasteiger partial charge in [0.1, 0.15) is 0 Å². The minimum atomic E-state index is -2.80. The molecule has 1 aliphatic rings. The van der Waals surface area contributed by atoms with Crippen LogP contribution in [0.15, 0.2) is 0 Å². The number of hydrogen-bond acceptors (Lipinski definition) is 2. The third kappa shape index (κ3) is 0.657. The van der Waals surface area contributed by atoms with Crippen molar-refractivity contribution in [1.82, 2.24) is 0 Å². The van der Waals surface area contributed by atoms with Gasteiger partial charge in [-0.3, -0.25) is 0 Å². The van der Waals surface area contributed by atoms with Crippen molar-refractivity contribution in [2.45, 2.75) is 50.0 Å². The van der Waals surface area contributed by atoms with Gasteiger partial charge >= 0.3 is 0 Å². The van der Waals surface area contributed by atoms with Crippen LogP contribution >= 0.6 is 0 Å². The Kier molecular flexibility index (Phi) is 1.65. The molecule has 0 saturated carbocycles. The summed E-state index contributed by atoms with van der Waals surface area (Å²) in [5, 5.41) is 0. The van der Waals surface area contributed by atoms with Gasteiger partial charge in [-0.05, 0) is 26.7 Å². The van der Waals surface area contributed by atoms with Crippen molar-refractivity contribution in [3.63, 3.8) is 0 Å². The van der Waals surface area contributed by atoms with Gasteiger partial charge in [-0.2, -0.15) is 0 Å². The number of hydrogen-bond donors (Lipinski definition) is 0. The van der Waals surface area contributed by atoms with E-state index >= 15 is 0 Å². The Bertz CT molecular complexity index is 246. The zero-order valence-electron chi connectivity index (χ0n) is 7.64. The average molecular weight is 176 g/mol. The molecule has 0 aliphatic carbocycles. The standard InChI is InChI=1S/C8H16O2S/c1-5-7(3)8(4,6-2)11(7,9)10/h5-6H2,1-4H3. The van der Waals surface area contributed by atoms with E-state index in [4.69, 9.17) is 0 Å². The summed E-state index contributed by atoms with van der Waals surface area (Å²) in [6.07, 6.45) is 1.47. The summed E-state index contributed by atoms with van der Waals surface area (Å²) in [6, 6.07) is 0. The van der Waals surface area contributed by atoms with Crippen LogP contribution in [0.25, 0.3) is 0 Å². The predicted octanol–water partition coefficient (Wildman–Crippen LogP) is 1.75. The largest absolute Gasteiger partial charge is 0.228 e. The summed E-state index contributed by atoms with van der Waals surface area (Å²) >= 11 is 0. The highest BCUT2D eigenvalue weighted by molar-refractivity contribution is 8.01. The molecule has 1 heterocycles. The first-order valence-corrected chi connectivity index (χ1v) is 5.60. The van der Waals surface area contributed by atoms with E-state index in [1.54, 1.807) is 0 Å². The third-order valence-corrected chi connectivity index (χ3v) is 7.26. The molecule has 0 N–H and O–H groups in total. The normalized spacial score (nSPS) is 47.3. The monoisotopic (exact) mass is 176 g/mol. The molecule has 11 heavy (non-hydrogen) atoms. The zero-order chi connectivity index (χ0) is 8.91. The highest BCUT2D eigenvalue weighted by atomic mass is 32.2. The molecule has 1 fully saturated rings. The lowest BCUT2D eigenvalue weighted by atomic mass is 9.92. The van der Waals surface area contributed by atoms with Crippen LogP contribution in [0, 0.1) is 0 Å². The van der Waals surface area contributed by atoms with Crippen molar-refractivity contribution < 1.29 is 8.42 Å². The van der Waals surface area contributed by atoms with E-state index in [0.717, 1.165) is 12.8 Å². The second-order valence-corrected chi connectivity index (χ2v) is 6.48. The summed E-state index contributed by atoms with van der Waals surface area (Å²) in [4.78, 5) is 0. The van der Waals surface area contributed by atoms with Gasteiger partial charge in [0.2, 0.25) is 0 Å². The summed E-state index contributed by atoms with van der Waals surface area (Å²) in [5.74, 6) is 0. The predicted molar refractivity (Wildman–Crippen MR) is 46.3 cm³/mol. The smallest absolute Gasteiger partial charge is 0.164 e. The maximum Gasteiger partial charge on any atom is 0.164 e. The van der Waals surface area contributed by atoms with Crippen molar-refractivity contribution in [2.75, 3.05) is 0 Å². The van der Waals surface area contributed by atoms with Gasteiger partial charge in [0.05, 0.1) is 9.49 Å². The SMILES string of the molecule is CCC1(C)C(C)(CC)S1(=O)=O. The summed E-state index contributed by atoms with van der Waals surface area (Å²) < 4.78 is 22.2. The molecule has 2 atom stereocenters. The van der Waals surface area contributed by atoms with Gasteiger partial charge in [0.25, 0.3) is 0 Å². The molecule has 3 heteroatoms. The Morgan fingerprint density at radius 3 is 1.36 bits per heavy atom. The fraction of sp³-hybridized carbons (Fsp3) is 1.00. The van der Waals surface area contributed by atoms with E-state index in [-0.39, 0.29) is 0 Å². The van der Waals surface area contributed by atoms with Crippen LogP contribution in [0.5, 0.6) is 0 Å². The van der Waals surface area contributed by atoms with Gasteiger partial charge in [0, 0.05) is 0 Å². The van der Waals surface area contributed by atoms with E-state index in [2.05, 4.69) is 0 Å². The van der Waals surface area contributed by atoms with Gasteiger partial charge in [-0.15, -0.1) is 0 Å². The number of sulfone groups is 1. The first-order valence-electron chi connectivity index (χ1n) is 4.11. The van der Waals surface area contributed by atoms with Crippen LogP contribution in [-0.4, -0.2) is 17.9 Å². The maximum atomic E-state index is 11.5. The van der Waals surface area contributed by atoms with Crippen molar-refractivity contribution in [2.24, 2.45) is 0 Å². The van der Waals surface area contributed by atoms with Crippen molar-refractivity contribution in [3.8, 4) is 0 Å². The molecule has 1 saturated heterocycles. The molecule has 2 unspecified atom stereocenters. The summed E-state index contributed by atoms with van der Waals surface area (Å²) in [5.41, 5.74) is 0. The lowest BCUT2D eigenvalue weighted by Gasteiger charge is -2.06. The molecule has 2 nitrogen and oxygen atoms in total. The Hall–Kier alpha value is -0.0500. The van der Waals surface area contributed by atoms with E-state index in [9.17, 15) is 8.42 Å². The molecule has 0 radical (unpaired) electrons. The minimum absolute atomic E-state index is 0.436. The van der Waals surface area contributed by atoms with Crippen LogP contribution < -0.4 is 0 Å². The fourth-order valence-corrected chi connectivity index (χ4v) is 4.75. The first kappa shape index (κ1) is 9.04. The van der Waals surface area contributed by atoms with E-state index < -0.39 is 19.3 Å². The Morgan fingerprint density at radius 1 is 1.00 bits per heavy atom. The first-order chi connectivity index (χ1) is 4.87. The van der Waals surface area contributed by atoms with Gasteiger partial charge in [-0.25, -0.2) is 8.42 Å². The van der Waals surface area contributed by atoms with Crippen molar-refractivity contribution in [1.29, 1.82) is 0 Å². The Balaban J connectivity index is 3.11. The molecule has 1 aliphatic heterocycles. The lowest BCUT2D eigenvalue weighted by Crippen LogP contribution is -2.17. The second kappa shape index (κ2) is 2.00. The van der Waals surface area contributed by atoms with Crippen molar-refractivity contribution >= 4 is 9.84 Å². The Morgan fingerprint density at radius 2 is 1.27 bits per heavy atom. The average Bonchev–Trinajstić information content (AvgIpc) is 2.32. The molecule has 66 valence electrons. The van der Waals surface area contributed by atoms with Crippen LogP contribution in [0.4, 0.5) is 0 Å². The lowest BCUT2D eigenvalue weighted by molar-refractivity contribution is 0.538. The highest BCUT2D eigenvalue weighted by Crippen LogP contribution is 2.59. The molecule has 0 bridgehead atoms.